The number of hydrogen-bond donors (Lipinski definition) is 1. The Morgan fingerprint density at radius 3 is 2.71 bits per heavy atom. The lowest BCUT2D eigenvalue weighted by Gasteiger charge is -2.02. The minimum absolute atomic E-state index is 0.231. The van der Waals surface area contributed by atoms with Crippen molar-refractivity contribution in [1.82, 2.24) is 9.59 Å². The highest BCUT2D eigenvalue weighted by Crippen LogP contribution is 2.09. The second-order valence-electron chi connectivity index (χ2n) is 2.76. The number of rotatable bonds is 3. The van der Waals surface area contributed by atoms with Crippen molar-refractivity contribution in [3.05, 3.63) is 41.2 Å². The Hall–Kier alpha value is -1.49. The molecule has 1 aromatic heterocycles. The minimum atomic E-state index is -0.231. The molecule has 3 nitrogen and oxygen atoms in total. The first-order valence-corrected chi connectivity index (χ1v) is 4.93. The molecule has 0 aliphatic heterocycles. The maximum atomic E-state index is 12.6. The van der Waals surface area contributed by atoms with E-state index in [0.29, 0.717) is 6.54 Å². The van der Waals surface area contributed by atoms with Crippen LogP contribution in [0.5, 0.6) is 0 Å². The SMILES string of the molecule is Fc1ccc(NCc2csnn2)cc1. The van der Waals surface area contributed by atoms with E-state index in [0.717, 1.165) is 11.4 Å². The zero-order valence-electron chi connectivity index (χ0n) is 7.27. The van der Waals surface area contributed by atoms with E-state index in [1.807, 2.05) is 5.38 Å². The van der Waals surface area contributed by atoms with Gasteiger partial charge in [-0.15, -0.1) is 5.10 Å². The van der Waals surface area contributed by atoms with Crippen LogP contribution in [0, 0.1) is 5.82 Å². The molecule has 0 aliphatic carbocycles. The zero-order chi connectivity index (χ0) is 9.80. The average Bonchev–Trinajstić information content (AvgIpc) is 2.70. The molecule has 0 atom stereocenters. The second kappa shape index (κ2) is 4.15. The summed E-state index contributed by atoms with van der Waals surface area (Å²) >= 11 is 1.32. The summed E-state index contributed by atoms with van der Waals surface area (Å²) < 4.78 is 16.3. The summed E-state index contributed by atoms with van der Waals surface area (Å²) in [7, 11) is 0. The molecule has 2 aromatic rings. The molecule has 1 N–H and O–H groups in total. The number of nitrogens with one attached hydrogen (secondary N) is 1. The van der Waals surface area contributed by atoms with Gasteiger partial charge in [0.2, 0.25) is 0 Å². The first-order valence-electron chi connectivity index (χ1n) is 4.10. The third kappa shape index (κ3) is 2.26. The van der Waals surface area contributed by atoms with Crippen LogP contribution in [0.25, 0.3) is 0 Å². The predicted molar refractivity (Wildman–Crippen MR) is 53.6 cm³/mol. The summed E-state index contributed by atoms with van der Waals surface area (Å²) in [6.45, 7) is 0.613. The van der Waals surface area contributed by atoms with E-state index in [9.17, 15) is 4.39 Å². The molecule has 5 heteroatoms. The van der Waals surface area contributed by atoms with Gasteiger partial charge in [0.05, 0.1) is 12.2 Å². The highest BCUT2D eigenvalue weighted by Gasteiger charge is 1.96. The third-order valence-electron chi connectivity index (χ3n) is 1.72. The summed E-state index contributed by atoms with van der Waals surface area (Å²) in [5.41, 5.74) is 1.76. The van der Waals surface area contributed by atoms with Gasteiger partial charge in [0.15, 0.2) is 0 Å². The van der Waals surface area contributed by atoms with Crippen molar-refractivity contribution in [2.45, 2.75) is 6.54 Å². The topological polar surface area (TPSA) is 37.8 Å². The molecule has 0 bridgehead atoms. The molecule has 1 aromatic carbocycles. The fourth-order valence-electron chi connectivity index (χ4n) is 1.02. The average molecular weight is 209 g/mol. The number of aromatic nitrogens is 2. The Kier molecular flexibility index (Phi) is 2.69. The molecule has 0 aliphatic rings. The van der Waals surface area contributed by atoms with Crippen molar-refractivity contribution >= 4 is 17.2 Å². The van der Waals surface area contributed by atoms with Gasteiger partial charge in [-0.2, -0.15) is 0 Å². The lowest BCUT2D eigenvalue weighted by molar-refractivity contribution is 0.628. The van der Waals surface area contributed by atoms with Crippen molar-refractivity contribution in [3.63, 3.8) is 0 Å². The molecule has 1 heterocycles. The van der Waals surface area contributed by atoms with Gasteiger partial charge in [-0.05, 0) is 35.8 Å². The standard InChI is InChI=1S/C9H8FN3S/c10-7-1-3-8(4-2-7)11-5-9-6-14-13-12-9/h1-4,6,11H,5H2. The van der Waals surface area contributed by atoms with Crippen molar-refractivity contribution in [1.29, 1.82) is 0 Å². The van der Waals surface area contributed by atoms with Gasteiger partial charge in [-0.25, -0.2) is 4.39 Å². The third-order valence-corrected chi connectivity index (χ3v) is 2.28. The fourth-order valence-corrected chi connectivity index (χ4v) is 1.47. The molecule has 0 saturated carbocycles. The van der Waals surface area contributed by atoms with E-state index >= 15 is 0 Å². The molecule has 0 fully saturated rings. The Labute approximate surface area is 84.8 Å². The number of hydrogen-bond acceptors (Lipinski definition) is 4. The van der Waals surface area contributed by atoms with Gasteiger partial charge >= 0.3 is 0 Å². The Balaban J connectivity index is 1.95. The van der Waals surface area contributed by atoms with Gasteiger partial charge in [0.25, 0.3) is 0 Å². The predicted octanol–water partition coefficient (Wildman–Crippen LogP) is 2.29. The quantitative estimate of drug-likeness (QED) is 0.842. The lowest BCUT2D eigenvalue weighted by Crippen LogP contribution is -1.99. The van der Waals surface area contributed by atoms with Gasteiger partial charge < -0.3 is 5.32 Å². The van der Waals surface area contributed by atoms with Crippen LogP contribution in [-0.2, 0) is 6.54 Å². The van der Waals surface area contributed by atoms with Crippen molar-refractivity contribution in [2.24, 2.45) is 0 Å². The molecule has 0 unspecified atom stereocenters. The molecule has 0 spiro atoms. The maximum Gasteiger partial charge on any atom is 0.123 e. The second-order valence-corrected chi connectivity index (χ2v) is 3.37. The van der Waals surface area contributed by atoms with Crippen LogP contribution in [0.3, 0.4) is 0 Å². The molecule has 2 rings (SSSR count). The number of halogens is 1. The van der Waals surface area contributed by atoms with Crippen molar-refractivity contribution in [3.8, 4) is 0 Å². The van der Waals surface area contributed by atoms with Crippen LogP contribution in [-0.4, -0.2) is 9.59 Å². The summed E-state index contributed by atoms with van der Waals surface area (Å²) in [4.78, 5) is 0. The molecular formula is C9H8FN3S. The molecular weight excluding hydrogens is 201 g/mol. The van der Waals surface area contributed by atoms with Crippen LogP contribution in [0.4, 0.5) is 10.1 Å². The first-order chi connectivity index (χ1) is 6.84. The van der Waals surface area contributed by atoms with Crippen LogP contribution in [0.2, 0.25) is 0 Å². The monoisotopic (exact) mass is 209 g/mol. The number of anilines is 1. The van der Waals surface area contributed by atoms with E-state index in [2.05, 4.69) is 14.9 Å². The highest BCUT2D eigenvalue weighted by atomic mass is 32.1. The van der Waals surface area contributed by atoms with Crippen LogP contribution in [0.1, 0.15) is 5.69 Å². The minimum Gasteiger partial charge on any atom is -0.379 e. The van der Waals surface area contributed by atoms with Crippen LogP contribution in [0.15, 0.2) is 29.6 Å². The Morgan fingerprint density at radius 2 is 2.07 bits per heavy atom. The fraction of sp³-hybridized carbons (Fsp3) is 0.111. The van der Waals surface area contributed by atoms with E-state index in [4.69, 9.17) is 0 Å². The largest absolute Gasteiger partial charge is 0.379 e. The van der Waals surface area contributed by atoms with E-state index < -0.39 is 0 Å². The van der Waals surface area contributed by atoms with E-state index in [1.54, 1.807) is 12.1 Å². The normalized spacial score (nSPS) is 10.1. The van der Waals surface area contributed by atoms with Gasteiger partial charge in [0.1, 0.15) is 5.82 Å². The van der Waals surface area contributed by atoms with Gasteiger partial charge in [0, 0.05) is 11.1 Å². The molecule has 14 heavy (non-hydrogen) atoms. The van der Waals surface area contributed by atoms with Gasteiger partial charge in [-0.1, -0.05) is 4.49 Å². The highest BCUT2D eigenvalue weighted by molar-refractivity contribution is 7.03. The van der Waals surface area contributed by atoms with Crippen LogP contribution >= 0.6 is 11.5 Å². The summed E-state index contributed by atoms with van der Waals surface area (Å²) in [5, 5.41) is 8.86. The molecule has 0 radical (unpaired) electrons. The molecule has 72 valence electrons. The lowest BCUT2D eigenvalue weighted by atomic mass is 10.3. The van der Waals surface area contributed by atoms with Crippen molar-refractivity contribution in [2.75, 3.05) is 5.32 Å². The number of benzene rings is 1. The maximum absolute atomic E-state index is 12.6. The summed E-state index contributed by atoms with van der Waals surface area (Å²) in [5.74, 6) is -0.231. The van der Waals surface area contributed by atoms with Gasteiger partial charge in [-0.3, -0.25) is 0 Å². The summed E-state index contributed by atoms with van der Waals surface area (Å²) in [6.07, 6.45) is 0. The zero-order valence-corrected chi connectivity index (χ0v) is 8.09. The first kappa shape index (κ1) is 9.08. The Bertz CT molecular complexity index is 385. The molecule has 0 saturated heterocycles. The smallest absolute Gasteiger partial charge is 0.123 e. The number of nitrogens with zero attached hydrogens (tertiary/aromatic N) is 2. The van der Waals surface area contributed by atoms with Crippen LogP contribution < -0.4 is 5.32 Å². The van der Waals surface area contributed by atoms with E-state index in [1.165, 1.54) is 23.7 Å². The van der Waals surface area contributed by atoms with E-state index in [-0.39, 0.29) is 5.82 Å². The summed E-state index contributed by atoms with van der Waals surface area (Å²) in [6, 6.07) is 6.22. The Morgan fingerprint density at radius 1 is 1.29 bits per heavy atom. The van der Waals surface area contributed by atoms with Crippen molar-refractivity contribution < 1.29 is 4.39 Å². The molecule has 0 amide bonds.